The third-order valence-electron chi connectivity index (χ3n) is 3.99. The first kappa shape index (κ1) is 14.6. The second kappa shape index (κ2) is 6.65. The van der Waals surface area contributed by atoms with Crippen molar-refractivity contribution in [3.63, 3.8) is 0 Å². The van der Waals surface area contributed by atoms with Gasteiger partial charge in [-0.2, -0.15) is 0 Å². The Balaban J connectivity index is 1.61. The molecule has 1 aromatic carbocycles. The second-order valence-corrected chi connectivity index (χ2v) is 5.95. The summed E-state index contributed by atoms with van der Waals surface area (Å²) in [5.41, 5.74) is 2.12. The maximum absolute atomic E-state index is 6.17. The van der Waals surface area contributed by atoms with E-state index in [0.717, 1.165) is 47.4 Å². The molecule has 1 saturated heterocycles. The van der Waals surface area contributed by atoms with Crippen molar-refractivity contribution in [3.05, 3.63) is 46.7 Å². The molecule has 3 rings (SSSR count). The number of ether oxygens (including phenoxy) is 1. The highest BCUT2D eigenvalue weighted by molar-refractivity contribution is 6.31. The summed E-state index contributed by atoms with van der Waals surface area (Å²) in [5, 5.41) is 3.03. The van der Waals surface area contributed by atoms with E-state index in [2.05, 4.69) is 5.32 Å². The lowest BCUT2D eigenvalue weighted by atomic mass is 10.1. The minimum absolute atomic E-state index is 0.412. The molecule has 0 spiro atoms. The minimum atomic E-state index is 0.412. The summed E-state index contributed by atoms with van der Waals surface area (Å²) in [6.45, 7) is 4.78. The van der Waals surface area contributed by atoms with Gasteiger partial charge in [-0.25, -0.2) is 0 Å². The molecule has 0 aliphatic carbocycles. The van der Waals surface area contributed by atoms with Gasteiger partial charge in [0.25, 0.3) is 0 Å². The van der Waals surface area contributed by atoms with Crippen molar-refractivity contribution >= 4 is 11.6 Å². The summed E-state index contributed by atoms with van der Waals surface area (Å²) in [6.07, 6.45) is 2.79. The van der Waals surface area contributed by atoms with Crippen LogP contribution in [0.3, 0.4) is 0 Å². The van der Waals surface area contributed by atoms with Crippen molar-refractivity contribution in [1.82, 2.24) is 0 Å². The molecule has 1 aromatic heterocycles. The van der Waals surface area contributed by atoms with Crippen LogP contribution >= 0.6 is 11.6 Å². The van der Waals surface area contributed by atoms with Crippen molar-refractivity contribution in [2.24, 2.45) is 0 Å². The summed E-state index contributed by atoms with van der Waals surface area (Å²) < 4.78 is 11.6. The molecule has 112 valence electrons. The van der Waals surface area contributed by atoms with Gasteiger partial charge >= 0.3 is 0 Å². The average Bonchev–Trinajstić information content (AvgIpc) is 3.14. The Morgan fingerprint density at radius 1 is 1.29 bits per heavy atom. The highest BCUT2D eigenvalue weighted by Crippen LogP contribution is 2.29. The normalized spacial score (nSPS) is 18.3. The third-order valence-corrected chi connectivity index (χ3v) is 4.40. The van der Waals surface area contributed by atoms with Gasteiger partial charge in [0.2, 0.25) is 0 Å². The molecule has 1 aliphatic heterocycles. The maximum Gasteiger partial charge on any atom is 0.158 e. The molecule has 2 N–H and O–H groups in total. The molecule has 4 heteroatoms. The molecule has 0 radical (unpaired) electrons. The first-order chi connectivity index (χ1) is 10.2. The first-order valence-corrected chi connectivity index (χ1v) is 7.89. The molecular weight excluding hydrogens is 286 g/mol. The van der Waals surface area contributed by atoms with E-state index in [1.165, 1.54) is 12.8 Å². The lowest BCUT2D eigenvalue weighted by Crippen LogP contribution is -2.84. The van der Waals surface area contributed by atoms with Gasteiger partial charge in [0.1, 0.15) is 25.0 Å². The Kier molecular flexibility index (Phi) is 4.63. The van der Waals surface area contributed by atoms with Gasteiger partial charge in [-0.05, 0) is 43.5 Å². The number of hydrogen-bond donors (Lipinski definition) is 1. The summed E-state index contributed by atoms with van der Waals surface area (Å²) in [7, 11) is 0. The van der Waals surface area contributed by atoms with Crippen LogP contribution in [-0.4, -0.2) is 19.3 Å². The van der Waals surface area contributed by atoms with E-state index in [1.54, 1.807) is 0 Å². The smallest absolute Gasteiger partial charge is 0.158 e. The number of halogens is 1. The Morgan fingerprint density at radius 3 is 3.00 bits per heavy atom. The molecule has 3 nitrogen and oxygen atoms in total. The van der Waals surface area contributed by atoms with E-state index in [1.807, 2.05) is 37.3 Å². The van der Waals surface area contributed by atoms with E-state index >= 15 is 0 Å². The Bertz CT molecular complexity index is 603. The van der Waals surface area contributed by atoms with Crippen molar-refractivity contribution in [1.29, 1.82) is 0 Å². The molecule has 1 atom stereocenters. The van der Waals surface area contributed by atoms with Crippen LogP contribution in [-0.2, 0) is 11.3 Å². The van der Waals surface area contributed by atoms with Crippen LogP contribution in [0.2, 0.25) is 5.02 Å². The van der Waals surface area contributed by atoms with Crippen LogP contribution in [0.4, 0.5) is 0 Å². The van der Waals surface area contributed by atoms with Crippen molar-refractivity contribution < 1.29 is 14.5 Å². The molecule has 1 fully saturated rings. The average molecular weight is 307 g/mol. The second-order valence-electron chi connectivity index (χ2n) is 5.54. The zero-order valence-corrected chi connectivity index (χ0v) is 13.0. The van der Waals surface area contributed by atoms with Gasteiger partial charge in [0.15, 0.2) is 5.76 Å². The predicted molar refractivity (Wildman–Crippen MR) is 83.4 cm³/mol. The zero-order chi connectivity index (χ0) is 14.7. The first-order valence-electron chi connectivity index (χ1n) is 7.51. The van der Waals surface area contributed by atoms with Gasteiger partial charge in [-0.3, -0.25) is 0 Å². The van der Waals surface area contributed by atoms with Crippen LogP contribution in [0.1, 0.15) is 24.2 Å². The topological polar surface area (TPSA) is 39.0 Å². The Morgan fingerprint density at radius 2 is 2.19 bits per heavy atom. The standard InChI is InChI=1S/C17H20ClNO2/c1-12-15(5-2-6-16(12)18)17-8-7-14(21-17)11-19-10-13-4-3-9-20-13/h2,5-8,13,19H,3-4,9-11H2,1H3/p+1/t13-/m0/s1. The van der Waals surface area contributed by atoms with Crippen molar-refractivity contribution in [2.75, 3.05) is 13.2 Å². The lowest BCUT2D eigenvalue weighted by molar-refractivity contribution is -0.677. The maximum atomic E-state index is 6.17. The van der Waals surface area contributed by atoms with E-state index in [0.29, 0.717) is 6.10 Å². The van der Waals surface area contributed by atoms with Gasteiger partial charge in [-0.15, -0.1) is 0 Å². The van der Waals surface area contributed by atoms with E-state index < -0.39 is 0 Å². The highest BCUT2D eigenvalue weighted by atomic mass is 35.5. The minimum Gasteiger partial charge on any atom is -0.455 e. The van der Waals surface area contributed by atoms with Gasteiger partial charge < -0.3 is 14.5 Å². The van der Waals surface area contributed by atoms with E-state index in [4.69, 9.17) is 20.8 Å². The van der Waals surface area contributed by atoms with Crippen LogP contribution in [0.25, 0.3) is 11.3 Å². The Hall–Kier alpha value is -1.29. The monoisotopic (exact) mass is 306 g/mol. The summed E-state index contributed by atoms with van der Waals surface area (Å²) >= 11 is 6.17. The quantitative estimate of drug-likeness (QED) is 0.921. The zero-order valence-electron chi connectivity index (χ0n) is 12.3. The van der Waals surface area contributed by atoms with Crippen LogP contribution < -0.4 is 5.32 Å². The summed E-state index contributed by atoms with van der Waals surface area (Å²) in [5.74, 6) is 1.87. The SMILES string of the molecule is Cc1c(Cl)cccc1-c1ccc(C[NH2+]C[C@@H]2CCCO2)o1. The van der Waals surface area contributed by atoms with Gasteiger partial charge in [0.05, 0.1) is 0 Å². The summed E-state index contributed by atoms with van der Waals surface area (Å²) in [6, 6.07) is 9.96. The molecule has 2 heterocycles. The molecule has 2 aromatic rings. The molecule has 0 saturated carbocycles. The summed E-state index contributed by atoms with van der Waals surface area (Å²) in [4.78, 5) is 0. The predicted octanol–water partition coefficient (Wildman–Crippen LogP) is 3.15. The third kappa shape index (κ3) is 3.49. The number of rotatable bonds is 5. The molecule has 21 heavy (non-hydrogen) atoms. The number of benzene rings is 1. The van der Waals surface area contributed by atoms with Gasteiger partial charge in [-0.1, -0.05) is 23.7 Å². The molecule has 0 bridgehead atoms. The van der Waals surface area contributed by atoms with Crippen molar-refractivity contribution in [3.8, 4) is 11.3 Å². The van der Waals surface area contributed by atoms with Crippen LogP contribution in [0, 0.1) is 6.92 Å². The van der Waals surface area contributed by atoms with Crippen molar-refractivity contribution in [2.45, 2.75) is 32.4 Å². The molecule has 0 amide bonds. The van der Waals surface area contributed by atoms with Crippen LogP contribution in [0.15, 0.2) is 34.7 Å². The number of nitrogens with two attached hydrogens (primary N) is 1. The molecule has 0 unspecified atom stereocenters. The largest absolute Gasteiger partial charge is 0.455 e. The number of quaternary nitrogens is 1. The van der Waals surface area contributed by atoms with E-state index in [9.17, 15) is 0 Å². The molecule has 1 aliphatic rings. The van der Waals surface area contributed by atoms with Gasteiger partial charge in [0, 0.05) is 17.2 Å². The lowest BCUT2D eigenvalue weighted by Gasteiger charge is -2.07. The molecular formula is C17H21ClNO2+. The highest BCUT2D eigenvalue weighted by Gasteiger charge is 2.17. The number of furan rings is 1. The van der Waals surface area contributed by atoms with Crippen LogP contribution in [0.5, 0.6) is 0 Å². The fourth-order valence-corrected chi connectivity index (χ4v) is 2.92. The fourth-order valence-electron chi connectivity index (χ4n) is 2.75. The fraction of sp³-hybridized carbons (Fsp3) is 0.412. The Labute approximate surface area is 130 Å². The number of hydrogen-bond acceptors (Lipinski definition) is 2. The van der Waals surface area contributed by atoms with E-state index in [-0.39, 0.29) is 0 Å².